The van der Waals surface area contributed by atoms with Gasteiger partial charge in [0.2, 0.25) is 11.8 Å². The number of alkyl carbamates (subject to hydrolysis) is 1. The summed E-state index contributed by atoms with van der Waals surface area (Å²) < 4.78 is 18.1. The molecule has 1 saturated carbocycles. The van der Waals surface area contributed by atoms with Crippen LogP contribution in [0.3, 0.4) is 0 Å². The summed E-state index contributed by atoms with van der Waals surface area (Å²) in [6.07, 6.45) is 3.46. The van der Waals surface area contributed by atoms with Crippen LogP contribution in [-0.4, -0.2) is 95.0 Å². The highest BCUT2D eigenvalue weighted by Gasteiger charge is 2.50. The van der Waals surface area contributed by atoms with E-state index in [-0.39, 0.29) is 25.0 Å². The average molecular weight is 637 g/mol. The Morgan fingerprint density at radius 1 is 1.09 bits per heavy atom. The molecule has 1 aliphatic carbocycles. The molecule has 1 aromatic carbocycles. The first-order valence-electron chi connectivity index (χ1n) is 16.9. The van der Waals surface area contributed by atoms with Gasteiger partial charge in [0.15, 0.2) is 0 Å². The van der Waals surface area contributed by atoms with Gasteiger partial charge in [-0.25, -0.2) is 14.6 Å². The molecule has 250 valence electrons. The fourth-order valence-electron chi connectivity index (χ4n) is 7.41. The van der Waals surface area contributed by atoms with Crippen LogP contribution in [0.5, 0.6) is 5.88 Å². The van der Waals surface area contributed by atoms with Crippen molar-refractivity contribution in [3.05, 3.63) is 35.4 Å². The van der Waals surface area contributed by atoms with Gasteiger partial charge in [0.25, 0.3) is 0 Å². The molecule has 11 heteroatoms. The maximum absolute atomic E-state index is 14.1. The van der Waals surface area contributed by atoms with E-state index in [1.165, 1.54) is 10.5 Å². The molecule has 3 aliphatic heterocycles. The molecule has 11 nitrogen and oxygen atoms in total. The number of para-hydroxylation sites is 1. The Bertz CT molecular complexity index is 1450. The summed E-state index contributed by atoms with van der Waals surface area (Å²) in [5.74, 6) is -0.477. The first-order valence-corrected chi connectivity index (χ1v) is 16.9. The van der Waals surface area contributed by atoms with Crippen molar-refractivity contribution >= 4 is 28.9 Å². The van der Waals surface area contributed by atoms with Gasteiger partial charge in [-0.2, -0.15) is 0 Å². The highest BCUT2D eigenvalue weighted by Crippen LogP contribution is 2.45. The Labute approximate surface area is 270 Å². The van der Waals surface area contributed by atoms with Crippen molar-refractivity contribution in [2.24, 2.45) is 17.3 Å². The van der Waals surface area contributed by atoms with Crippen LogP contribution in [-0.2, 0) is 32.0 Å². The number of carbonyl (C=O) groups excluding carboxylic acids is 2. The second kappa shape index (κ2) is 13.4. The Balaban J connectivity index is 1.37. The molecule has 2 saturated heterocycles. The van der Waals surface area contributed by atoms with E-state index in [0.29, 0.717) is 25.0 Å². The number of carbonyl (C=O) groups is 3. The maximum Gasteiger partial charge on any atom is 0.408 e. The molecule has 46 heavy (non-hydrogen) atoms. The molecule has 6 rings (SSSR count). The van der Waals surface area contributed by atoms with Crippen LogP contribution >= 0.6 is 0 Å². The van der Waals surface area contributed by atoms with Gasteiger partial charge in [-0.3, -0.25) is 9.69 Å². The topological polar surface area (TPSA) is 131 Å². The van der Waals surface area contributed by atoms with Crippen molar-refractivity contribution in [2.45, 2.75) is 97.1 Å². The third-order valence-corrected chi connectivity index (χ3v) is 10.2. The monoisotopic (exact) mass is 636 g/mol. The third kappa shape index (κ3) is 6.95. The minimum absolute atomic E-state index is 0.0770. The number of carboxylic acid groups (broad SMARTS) is 1. The largest absolute Gasteiger partial charge is 0.480 e. The van der Waals surface area contributed by atoms with E-state index in [4.69, 9.17) is 19.2 Å². The molecule has 0 spiro atoms. The standard InChI is InChI=1S/C35H48N4O7/c1-21-23-10-6-5-7-12-25-26(20-38-14-16-44-17-15-38)24-11-8-9-13-27(24)36-31(25)45-22-18-28(33(41)42)39(19-22)32(40)30(35(2,3)4)37-34(43)46-29(21)23/h8-9,11,13,21-23,28-30H,5-7,10,12,14-20H2,1-4H3,(H,37,43)(H,41,42)/t21?,22-,23-,28+,29-,30-/m1/s1. The Hall–Kier alpha value is -3.44. The number of benzene rings is 1. The fourth-order valence-corrected chi connectivity index (χ4v) is 7.41. The number of aliphatic carboxylic acids is 1. The molecular weight excluding hydrogens is 588 g/mol. The van der Waals surface area contributed by atoms with Crippen molar-refractivity contribution in [1.82, 2.24) is 20.1 Å². The number of ether oxygens (including phenoxy) is 3. The van der Waals surface area contributed by atoms with Gasteiger partial charge >= 0.3 is 12.1 Å². The summed E-state index contributed by atoms with van der Waals surface area (Å²) in [5, 5.41) is 14.1. The lowest BCUT2D eigenvalue weighted by Crippen LogP contribution is -2.57. The van der Waals surface area contributed by atoms with E-state index in [2.05, 4.69) is 23.2 Å². The van der Waals surface area contributed by atoms with Crippen molar-refractivity contribution in [3.8, 4) is 5.88 Å². The zero-order valence-electron chi connectivity index (χ0n) is 27.5. The maximum atomic E-state index is 14.1. The fraction of sp³-hybridized carbons (Fsp3) is 0.657. The number of carboxylic acids is 1. The molecule has 0 radical (unpaired) electrons. The van der Waals surface area contributed by atoms with Crippen LogP contribution in [0.1, 0.15) is 70.9 Å². The minimum atomic E-state index is -1.10. The number of rotatable bonds is 3. The van der Waals surface area contributed by atoms with Crippen molar-refractivity contribution in [2.75, 3.05) is 32.8 Å². The van der Waals surface area contributed by atoms with Gasteiger partial charge in [-0.1, -0.05) is 58.7 Å². The molecule has 4 heterocycles. The number of pyridine rings is 1. The summed E-state index contributed by atoms with van der Waals surface area (Å²) in [6, 6.07) is 6.06. The third-order valence-electron chi connectivity index (χ3n) is 10.2. The van der Waals surface area contributed by atoms with E-state index in [0.717, 1.165) is 68.2 Å². The van der Waals surface area contributed by atoms with Crippen molar-refractivity contribution in [3.63, 3.8) is 0 Å². The molecule has 1 unspecified atom stereocenters. The Kier molecular flexibility index (Phi) is 9.43. The lowest BCUT2D eigenvalue weighted by atomic mass is 9.85. The van der Waals surface area contributed by atoms with Crippen LogP contribution in [0.4, 0.5) is 4.79 Å². The first kappa shape index (κ1) is 32.5. The Morgan fingerprint density at radius 3 is 2.59 bits per heavy atom. The molecule has 2 bridgehead atoms. The zero-order chi connectivity index (χ0) is 32.6. The van der Waals surface area contributed by atoms with Gasteiger partial charge < -0.3 is 29.5 Å². The van der Waals surface area contributed by atoms with Crippen LogP contribution < -0.4 is 10.1 Å². The van der Waals surface area contributed by atoms with Gasteiger partial charge in [-0.05, 0) is 42.2 Å². The van der Waals surface area contributed by atoms with Crippen LogP contribution in [0.25, 0.3) is 10.9 Å². The van der Waals surface area contributed by atoms with Crippen molar-refractivity contribution in [1.29, 1.82) is 0 Å². The lowest BCUT2D eigenvalue weighted by molar-refractivity contribution is -0.150. The number of morpholine rings is 1. The molecule has 4 aliphatic rings. The van der Waals surface area contributed by atoms with Crippen molar-refractivity contribution < 1.29 is 33.7 Å². The highest BCUT2D eigenvalue weighted by atomic mass is 16.6. The average Bonchev–Trinajstić information content (AvgIpc) is 3.39. The smallest absolute Gasteiger partial charge is 0.408 e. The Morgan fingerprint density at radius 2 is 1.85 bits per heavy atom. The normalized spacial score (nSPS) is 29.9. The predicted molar refractivity (Wildman–Crippen MR) is 171 cm³/mol. The van der Waals surface area contributed by atoms with E-state index in [9.17, 15) is 19.5 Å². The van der Waals surface area contributed by atoms with Gasteiger partial charge in [0, 0.05) is 42.9 Å². The minimum Gasteiger partial charge on any atom is -0.480 e. The van der Waals surface area contributed by atoms with E-state index in [1.54, 1.807) is 0 Å². The highest BCUT2D eigenvalue weighted by molar-refractivity contribution is 5.90. The van der Waals surface area contributed by atoms with E-state index < -0.39 is 41.6 Å². The zero-order valence-corrected chi connectivity index (χ0v) is 27.5. The number of hydrogen-bond acceptors (Lipinski definition) is 8. The van der Waals surface area contributed by atoms with Crippen LogP contribution in [0.2, 0.25) is 0 Å². The number of nitrogens with zero attached hydrogens (tertiary/aromatic N) is 3. The molecule has 1 aromatic heterocycles. The van der Waals surface area contributed by atoms with Crippen LogP contribution in [0.15, 0.2) is 24.3 Å². The molecule has 6 atom stereocenters. The number of amides is 2. The molecule has 2 amide bonds. The van der Waals surface area contributed by atoms with E-state index >= 15 is 0 Å². The second-order valence-corrected chi connectivity index (χ2v) is 14.5. The molecular formula is C35H48N4O7. The first-order chi connectivity index (χ1) is 22.0. The number of hydrogen-bond donors (Lipinski definition) is 2. The molecule has 2 N–H and O–H groups in total. The van der Waals surface area contributed by atoms with Gasteiger partial charge in [0.05, 0.1) is 25.3 Å². The quantitative estimate of drug-likeness (QED) is 0.504. The van der Waals surface area contributed by atoms with Gasteiger partial charge in [-0.15, -0.1) is 0 Å². The summed E-state index contributed by atoms with van der Waals surface area (Å²) in [5.41, 5.74) is 2.40. The summed E-state index contributed by atoms with van der Waals surface area (Å²) in [6.45, 7) is 11.6. The van der Waals surface area contributed by atoms with Gasteiger partial charge in [0.1, 0.15) is 24.3 Å². The summed E-state index contributed by atoms with van der Waals surface area (Å²) in [4.78, 5) is 48.4. The summed E-state index contributed by atoms with van der Waals surface area (Å²) in [7, 11) is 0. The summed E-state index contributed by atoms with van der Waals surface area (Å²) >= 11 is 0. The molecule has 3 fully saturated rings. The van der Waals surface area contributed by atoms with Crippen LogP contribution in [0, 0.1) is 17.3 Å². The second-order valence-electron chi connectivity index (χ2n) is 14.5. The van der Waals surface area contributed by atoms with E-state index in [1.807, 2.05) is 39.0 Å². The number of nitrogens with one attached hydrogen (secondary N) is 1. The molecule has 2 aromatic rings. The SMILES string of the molecule is CC1[C@H]2CCCCCc3c(nc4ccccc4c3CN3CCOCC3)O[C@@H]3C[C@@H](C(=O)O)N(C3)C(=O)[C@H](C(C)(C)C)NC(=O)O[C@H]12. The lowest BCUT2D eigenvalue weighted by Gasteiger charge is -2.34. The predicted octanol–water partition coefficient (Wildman–Crippen LogP) is 4.39. The number of fused-ring (bicyclic) bond motifs is 5. The number of aromatic nitrogens is 1.